The second-order valence-corrected chi connectivity index (χ2v) is 6.18. The van der Waals surface area contributed by atoms with Crippen molar-refractivity contribution in [1.29, 1.82) is 0 Å². The average molecular weight is 284 g/mol. The molecule has 0 aliphatic carbocycles. The Hall–Kier alpha value is -0.120. The molecule has 3 nitrogen and oxygen atoms in total. The van der Waals surface area contributed by atoms with E-state index in [0.29, 0.717) is 0 Å². The van der Waals surface area contributed by atoms with E-state index >= 15 is 0 Å². The predicted molar refractivity (Wildman–Crippen MR) is 87.3 cm³/mol. The van der Waals surface area contributed by atoms with Gasteiger partial charge >= 0.3 is 0 Å². The molecule has 1 rings (SSSR count). The van der Waals surface area contributed by atoms with Gasteiger partial charge in [-0.05, 0) is 31.8 Å². The van der Waals surface area contributed by atoms with Gasteiger partial charge in [-0.2, -0.15) is 0 Å². The minimum absolute atomic E-state index is 0.878. The first-order valence-electron chi connectivity index (χ1n) is 8.73. The number of rotatable bonds is 11. The number of methoxy groups -OCH3 is 1. The van der Waals surface area contributed by atoms with E-state index in [2.05, 4.69) is 23.6 Å². The minimum atomic E-state index is 0.878. The van der Waals surface area contributed by atoms with Crippen LogP contribution in [0, 0.1) is 5.92 Å². The molecule has 0 aromatic rings. The maximum atomic E-state index is 5.19. The summed E-state index contributed by atoms with van der Waals surface area (Å²) in [5.74, 6) is 0.878. The number of unbranched alkanes of at least 4 members (excludes halogenated alkanes) is 2. The molecule has 0 bridgehead atoms. The lowest BCUT2D eigenvalue weighted by Crippen LogP contribution is -2.46. The zero-order chi connectivity index (χ0) is 14.6. The van der Waals surface area contributed by atoms with Gasteiger partial charge in [0.1, 0.15) is 0 Å². The molecule has 0 radical (unpaired) electrons. The number of likely N-dealkylation sites (N-methyl/N-ethyl adjacent to an activating group) is 1. The fraction of sp³-hybridized carbons (Fsp3) is 1.00. The van der Waals surface area contributed by atoms with Gasteiger partial charge in [0.15, 0.2) is 0 Å². The number of ether oxygens (including phenoxy) is 1. The Labute approximate surface area is 126 Å². The molecule has 0 spiro atoms. The first-order valence-corrected chi connectivity index (χ1v) is 8.73. The van der Waals surface area contributed by atoms with Gasteiger partial charge in [-0.25, -0.2) is 0 Å². The van der Waals surface area contributed by atoms with Crippen molar-refractivity contribution in [2.24, 2.45) is 5.92 Å². The van der Waals surface area contributed by atoms with Gasteiger partial charge in [-0.3, -0.25) is 0 Å². The fourth-order valence-electron chi connectivity index (χ4n) is 3.11. The zero-order valence-corrected chi connectivity index (χ0v) is 14.1. The molecule has 1 heterocycles. The summed E-state index contributed by atoms with van der Waals surface area (Å²) in [6, 6.07) is 0. The summed E-state index contributed by atoms with van der Waals surface area (Å²) >= 11 is 0. The van der Waals surface area contributed by atoms with Crippen molar-refractivity contribution >= 4 is 0 Å². The standard InChI is InChI=1S/C17H36N2O/c1-4-17(10-16-20-3)9-7-6-8-11-19-14-12-18(5-2)13-15-19/h17H,4-16H2,1-3H3. The lowest BCUT2D eigenvalue weighted by Gasteiger charge is -2.34. The molecule has 1 saturated heterocycles. The second-order valence-electron chi connectivity index (χ2n) is 6.18. The highest BCUT2D eigenvalue weighted by atomic mass is 16.5. The van der Waals surface area contributed by atoms with Gasteiger partial charge in [-0.1, -0.05) is 39.5 Å². The average Bonchev–Trinajstić information content (AvgIpc) is 2.50. The van der Waals surface area contributed by atoms with Crippen LogP contribution in [0.4, 0.5) is 0 Å². The van der Waals surface area contributed by atoms with Crippen molar-refractivity contribution < 1.29 is 4.74 Å². The summed E-state index contributed by atoms with van der Waals surface area (Å²) in [6.45, 7) is 13.1. The number of hydrogen-bond donors (Lipinski definition) is 0. The normalized spacial score (nSPS) is 19.4. The van der Waals surface area contributed by atoms with Crippen LogP contribution in [-0.2, 0) is 4.74 Å². The van der Waals surface area contributed by atoms with Crippen molar-refractivity contribution in [1.82, 2.24) is 9.80 Å². The van der Waals surface area contributed by atoms with Crippen LogP contribution in [-0.4, -0.2) is 62.8 Å². The van der Waals surface area contributed by atoms with E-state index in [-0.39, 0.29) is 0 Å². The van der Waals surface area contributed by atoms with E-state index in [1.807, 2.05) is 7.11 Å². The van der Waals surface area contributed by atoms with Crippen LogP contribution in [0.25, 0.3) is 0 Å². The molecule has 0 aromatic carbocycles. The van der Waals surface area contributed by atoms with Crippen molar-refractivity contribution in [3.05, 3.63) is 0 Å². The Morgan fingerprint density at radius 3 is 2.20 bits per heavy atom. The molecule has 120 valence electrons. The second kappa shape index (κ2) is 11.5. The van der Waals surface area contributed by atoms with E-state index in [1.54, 1.807) is 0 Å². The first kappa shape index (κ1) is 17.9. The summed E-state index contributed by atoms with van der Waals surface area (Å²) in [6.07, 6.45) is 8.12. The summed E-state index contributed by atoms with van der Waals surface area (Å²) in [7, 11) is 1.81. The molecule has 1 aliphatic heterocycles. The molecule has 1 aliphatic rings. The topological polar surface area (TPSA) is 15.7 Å². The highest BCUT2D eigenvalue weighted by Gasteiger charge is 2.14. The number of piperazine rings is 1. The van der Waals surface area contributed by atoms with Crippen LogP contribution < -0.4 is 0 Å². The van der Waals surface area contributed by atoms with Gasteiger partial charge in [0.25, 0.3) is 0 Å². The molecule has 1 unspecified atom stereocenters. The Bertz CT molecular complexity index is 215. The summed E-state index contributed by atoms with van der Waals surface area (Å²) < 4.78 is 5.19. The number of nitrogens with zero attached hydrogens (tertiary/aromatic N) is 2. The van der Waals surface area contributed by atoms with Gasteiger partial charge in [0.2, 0.25) is 0 Å². The molecule has 3 heteroatoms. The first-order chi connectivity index (χ1) is 9.80. The van der Waals surface area contributed by atoms with E-state index in [4.69, 9.17) is 4.74 Å². The molecule has 20 heavy (non-hydrogen) atoms. The maximum absolute atomic E-state index is 5.19. The quantitative estimate of drug-likeness (QED) is 0.542. The minimum Gasteiger partial charge on any atom is -0.385 e. The highest BCUT2D eigenvalue weighted by Crippen LogP contribution is 2.17. The largest absolute Gasteiger partial charge is 0.385 e. The summed E-state index contributed by atoms with van der Waals surface area (Å²) in [4.78, 5) is 5.20. The van der Waals surface area contributed by atoms with Crippen LogP contribution in [0.3, 0.4) is 0 Å². The van der Waals surface area contributed by atoms with Crippen LogP contribution in [0.1, 0.15) is 52.4 Å². The molecule has 0 saturated carbocycles. The SMILES string of the molecule is CCC(CCCCCN1CCN(CC)CC1)CCOC. The predicted octanol–water partition coefficient (Wildman–Crippen LogP) is 3.25. The molecule has 1 atom stereocenters. The third kappa shape index (κ3) is 7.61. The number of hydrogen-bond acceptors (Lipinski definition) is 3. The molecule has 1 fully saturated rings. The van der Waals surface area contributed by atoms with Crippen LogP contribution >= 0.6 is 0 Å². The van der Waals surface area contributed by atoms with Crippen LogP contribution in [0.5, 0.6) is 0 Å². The monoisotopic (exact) mass is 284 g/mol. The smallest absolute Gasteiger partial charge is 0.0464 e. The molecule has 0 N–H and O–H groups in total. The Balaban J connectivity index is 1.96. The van der Waals surface area contributed by atoms with Gasteiger partial charge in [0, 0.05) is 39.9 Å². The Kier molecular flexibility index (Phi) is 10.3. The molecule has 0 aromatic heterocycles. The van der Waals surface area contributed by atoms with E-state index in [0.717, 1.165) is 12.5 Å². The van der Waals surface area contributed by atoms with Crippen LogP contribution in [0.2, 0.25) is 0 Å². The summed E-state index contributed by atoms with van der Waals surface area (Å²) in [5, 5.41) is 0. The van der Waals surface area contributed by atoms with Crippen molar-refractivity contribution in [2.75, 3.05) is 53.0 Å². The lowest BCUT2D eigenvalue weighted by molar-refractivity contribution is 0.135. The van der Waals surface area contributed by atoms with E-state index < -0.39 is 0 Å². The van der Waals surface area contributed by atoms with Crippen molar-refractivity contribution in [3.63, 3.8) is 0 Å². The van der Waals surface area contributed by atoms with Crippen molar-refractivity contribution in [3.8, 4) is 0 Å². The van der Waals surface area contributed by atoms with Gasteiger partial charge in [0.05, 0.1) is 0 Å². The van der Waals surface area contributed by atoms with Crippen LogP contribution in [0.15, 0.2) is 0 Å². The van der Waals surface area contributed by atoms with Gasteiger partial charge < -0.3 is 14.5 Å². The molecular weight excluding hydrogens is 248 g/mol. The van der Waals surface area contributed by atoms with E-state index in [9.17, 15) is 0 Å². The highest BCUT2D eigenvalue weighted by molar-refractivity contribution is 4.70. The molecular formula is C17H36N2O. The third-order valence-corrected chi connectivity index (χ3v) is 4.81. The van der Waals surface area contributed by atoms with Crippen molar-refractivity contribution in [2.45, 2.75) is 52.4 Å². The maximum Gasteiger partial charge on any atom is 0.0464 e. The van der Waals surface area contributed by atoms with Gasteiger partial charge in [-0.15, -0.1) is 0 Å². The Morgan fingerprint density at radius 1 is 0.900 bits per heavy atom. The van der Waals surface area contributed by atoms with E-state index in [1.165, 1.54) is 77.8 Å². The molecule has 0 amide bonds. The third-order valence-electron chi connectivity index (χ3n) is 4.81. The Morgan fingerprint density at radius 2 is 1.60 bits per heavy atom. The summed E-state index contributed by atoms with van der Waals surface area (Å²) in [5.41, 5.74) is 0. The zero-order valence-electron chi connectivity index (χ0n) is 14.1. The lowest BCUT2D eigenvalue weighted by atomic mass is 9.95. The fourth-order valence-corrected chi connectivity index (χ4v) is 3.11.